The summed E-state index contributed by atoms with van der Waals surface area (Å²) in [7, 11) is 1.36. The summed E-state index contributed by atoms with van der Waals surface area (Å²) in [4.78, 5) is 15.1. The lowest BCUT2D eigenvalue weighted by molar-refractivity contribution is -0.140. The zero-order chi connectivity index (χ0) is 12.1. The van der Waals surface area contributed by atoms with Gasteiger partial charge in [0.05, 0.1) is 24.9 Å². The Bertz CT molecular complexity index is 396. The van der Waals surface area contributed by atoms with E-state index in [4.69, 9.17) is 5.73 Å². The number of ether oxygens (including phenoxy) is 1. The summed E-state index contributed by atoms with van der Waals surface area (Å²) in [6, 6.07) is 1.78. The summed E-state index contributed by atoms with van der Waals surface area (Å²) in [6.45, 7) is 2.32. The van der Waals surface area contributed by atoms with E-state index in [0.29, 0.717) is 18.1 Å². The maximum atomic E-state index is 10.9. The predicted octanol–water partition coefficient (Wildman–Crippen LogP) is 1.71. The van der Waals surface area contributed by atoms with Crippen LogP contribution in [0.15, 0.2) is 10.5 Å². The van der Waals surface area contributed by atoms with Gasteiger partial charge in [-0.2, -0.15) is 0 Å². The number of aryl methyl sites for hydroxylation is 1. The maximum Gasteiger partial charge on any atom is 0.307 e. The van der Waals surface area contributed by atoms with Gasteiger partial charge in [-0.25, -0.2) is 4.98 Å². The minimum absolute atomic E-state index is 0.264. The molecule has 1 rings (SSSR count). The fourth-order valence-electron chi connectivity index (χ4n) is 1.12. The van der Waals surface area contributed by atoms with E-state index in [9.17, 15) is 4.79 Å². The van der Waals surface area contributed by atoms with Gasteiger partial charge in [0.1, 0.15) is 5.82 Å². The second kappa shape index (κ2) is 5.69. The van der Waals surface area contributed by atoms with Gasteiger partial charge in [0, 0.05) is 11.0 Å². The van der Waals surface area contributed by atoms with Crippen LogP contribution in [-0.2, 0) is 9.53 Å². The summed E-state index contributed by atoms with van der Waals surface area (Å²) in [5, 5.41) is 2.99. The van der Waals surface area contributed by atoms with Crippen molar-refractivity contribution in [1.82, 2.24) is 4.98 Å². The lowest BCUT2D eigenvalue weighted by Crippen LogP contribution is -2.12. The van der Waals surface area contributed by atoms with Crippen molar-refractivity contribution in [1.29, 1.82) is 0 Å². The Morgan fingerprint density at radius 2 is 2.38 bits per heavy atom. The molecule has 0 aliphatic heterocycles. The normalized spacial score (nSPS) is 9.94. The van der Waals surface area contributed by atoms with Crippen molar-refractivity contribution in [2.75, 3.05) is 24.7 Å². The number of hydrogen-bond acceptors (Lipinski definition) is 5. The minimum atomic E-state index is -0.264. The lowest BCUT2D eigenvalue weighted by Gasteiger charge is -2.09. The number of nitrogens with two attached hydrogens (primary N) is 1. The lowest BCUT2D eigenvalue weighted by atomic mass is 10.3. The Kier molecular flexibility index (Phi) is 4.54. The summed E-state index contributed by atoms with van der Waals surface area (Å²) in [5.41, 5.74) is 7.15. The van der Waals surface area contributed by atoms with E-state index in [1.54, 1.807) is 6.07 Å². The molecule has 0 aliphatic rings. The summed E-state index contributed by atoms with van der Waals surface area (Å²) in [5.74, 6) is 0.324. The molecule has 3 N–H and O–H groups in total. The third kappa shape index (κ3) is 3.37. The van der Waals surface area contributed by atoms with Gasteiger partial charge < -0.3 is 15.8 Å². The smallest absolute Gasteiger partial charge is 0.307 e. The average Bonchev–Trinajstić information content (AvgIpc) is 2.25. The topological polar surface area (TPSA) is 77.2 Å². The highest BCUT2D eigenvalue weighted by atomic mass is 79.9. The first-order chi connectivity index (χ1) is 7.54. The van der Waals surface area contributed by atoms with E-state index in [1.165, 1.54) is 7.11 Å². The fourth-order valence-corrected chi connectivity index (χ4v) is 1.46. The van der Waals surface area contributed by atoms with Gasteiger partial charge in [-0.05, 0) is 28.9 Å². The highest BCUT2D eigenvalue weighted by molar-refractivity contribution is 9.10. The zero-order valence-corrected chi connectivity index (χ0v) is 10.8. The van der Waals surface area contributed by atoms with E-state index in [-0.39, 0.29) is 12.4 Å². The highest BCUT2D eigenvalue weighted by Gasteiger charge is 2.06. The van der Waals surface area contributed by atoms with Crippen LogP contribution in [0.4, 0.5) is 11.5 Å². The molecule has 0 bridgehead atoms. The molecule has 0 atom stereocenters. The predicted molar refractivity (Wildman–Crippen MR) is 66.2 cm³/mol. The molecule has 0 radical (unpaired) electrons. The van der Waals surface area contributed by atoms with Crippen molar-refractivity contribution in [2.45, 2.75) is 13.3 Å². The second-order valence-electron chi connectivity index (χ2n) is 3.25. The number of hydrogen-bond donors (Lipinski definition) is 2. The molecule has 0 saturated heterocycles. The standard InChI is InChI=1S/C10H14BrN3O2/c1-6-7(11)5-8(12)10(14-6)13-4-3-9(15)16-2/h5H,3-4,12H2,1-2H3,(H,13,14). The number of carbonyl (C=O) groups is 1. The highest BCUT2D eigenvalue weighted by Crippen LogP contribution is 2.23. The molecule has 1 aromatic rings. The van der Waals surface area contributed by atoms with Crippen molar-refractivity contribution < 1.29 is 9.53 Å². The van der Waals surface area contributed by atoms with E-state index in [1.807, 2.05) is 6.92 Å². The first-order valence-electron chi connectivity index (χ1n) is 4.78. The van der Waals surface area contributed by atoms with Crippen LogP contribution in [0, 0.1) is 6.92 Å². The number of pyridine rings is 1. The molecule has 0 fully saturated rings. The average molecular weight is 288 g/mol. The SMILES string of the molecule is COC(=O)CCNc1nc(C)c(Br)cc1N. The molecular weight excluding hydrogens is 274 g/mol. The summed E-state index contributed by atoms with van der Waals surface area (Å²) < 4.78 is 5.39. The molecule has 1 heterocycles. The van der Waals surface area contributed by atoms with Gasteiger partial charge in [-0.1, -0.05) is 0 Å². The Balaban J connectivity index is 2.60. The van der Waals surface area contributed by atoms with Crippen LogP contribution in [0.5, 0.6) is 0 Å². The molecule has 0 aliphatic carbocycles. The number of methoxy groups -OCH3 is 1. The quantitative estimate of drug-likeness (QED) is 0.825. The first-order valence-corrected chi connectivity index (χ1v) is 5.57. The Morgan fingerprint density at radius 1 is 1.69 bits per heavy atom. The van der Waals surface area contributed by atoms with Gasteiger partial charge in [-0.3, -0.25) is 4.79 Å². The molecule has 6 heteroatoms. The first kappa shape index (κ1) is 12.8. The van der Waals surface area contributed by atoms with E-state index >= 15 is 0 Å². The number of nitrogens with zero attached hydrogens (tertiary/aromatic N) is 1. The number of nitrogen functional groups attached to an aromatic ring is 1. The zero-order valence-electron chi connectivity index (χ0n) is 9.21. The molecular formula is C10H14BrN3O2. The van der Waals surface area contributed by atoms with Crippen LogP contribution in [0.1, 0.15) is 12.1 Å². The van der Waals surface area contributed by atoms with Gasteiger partial charge in [0.15, 0.2) is 0 Å². The molecule has 0 spiro atoms. The fraction of sp³-hybridized carbons (Fsp3) is 0.400. The van der Waals surface area contributed by atoms with Crippen LogP contribution in [0.25, 0.3) is 0 Å². The second-order valence-corrected chi connectivity index (χ2v) is 4.10. The van der Waals surface area contributed by atoms with Crippen LogP contribution in [-0.4, -0.2) is 24.6 Å². The molecule has 0 saturated carbocycles. The largest absolute Gasteiger partial charge is 0.469 e. The molecule has 1 aromatic heterocycles. The molecule has 0 aromatic carbocycles. The van der Waals surface area contributed by atoms with E-state index in [2.05, 4.69) is 31.0 Å². The number of aromatic nitrogens is 1. The number of esters is 1. The minimum Gasteiger partial charge on any atom is -0.469 e. The van der Waals surface area contributed by atoms with Gasteiger partial charge >= 0.3 is 5.97 Å². The summed E-state index contributed by atoms with van der Waals surface area (Å²) >= 11 is 3.34. The van der Waals surface area contributed by atoms with E-state index < -0.39 is 0 Å². The van der Waals surface area contributed by atoms with Crippen LogP contribution in [0.3, 0.4) is 0 Å². The molecule has 0 amide bonds. The maximum absolute atomic E-state index is 10.9. The number of carbonyl (C=O) groups excluding carboxylic acids is 1. The third-order valence-corrected chi connectivity index (χ3v) is 2.83. The molecule has 0 unspecified atom stereocenters. The van der Waals surface area contributed by atoms with Crippen LogP contribution >= 0.6 is 15.9 Å². The Labute approximate surface area is 103 Å². The van der Waals surface area contributed by atoms with Crippen molar-refractivity contribution in [3.05, 3.63) is 16.2 Å². The van der Waals surface area contributed by atoms with Gasteiger partial charge in [0.2, 0.25) is 0 Å². The molecule has 5 nitrogen and oxygen atoms in total. The number of nitrogens with one attached hydrogen (secondary N) is 1. The number of anilines is 2. The summed E-state index contributed by atoms with van der Waals surface area (Å²) in [6.07, 6.45) is 0.284. The van der Waals surface area contributed by atoms with E-state index in [0.717, 1.165) is 10.2 Å². The van der Waals surface area contributed by atoms with Crippen LogP contribution < -0.4 is 11.1 Å². The van der Waals surface area contributed by atoms with Crippen LogP contribution in [0.2, 0.25) is 0 Å². The monoisotopic (exact) mass is 287 g/mol. The van der Waals surface area contributed by atoms with Gasteiger partial charge in [0.25, 0.3) is 0 Å². The molecule has 88 valence electrons. The number of halogens is 1. The van der Waals surface area contributed by atoms with Crippen molar-refractivity contribution >= 4 is 33.4 Å². The van der Waals surface area contributed by atoms with Crippen molar-refractivity contribution in [3.63, 3.8) is 0 Å². The number of rotatable bonds is 4. The van der Waals surface area contributed by atoms with Crippen molar-refractivity contribution in [2.24, 2.45) is 0 Å². The Hall–Kier alpha value is -1.30. The van der Waals surface area contributed by atoms with Gasteiger partial charge in [-0.15, -0.1) is 0 Å². The van der Waals surface area contributed by atoms with Crippen molar-refractivity contribution in [3.8, 4) is 0 Å². The molecule has 16 heavy (non-hydrogen) atoms. The Morgan fingerprint density at radius 3 is 3.00 bits per heavy atom. The third-order valence-electron chi connectivity index (χ3n) is 2.03.